The Kier molecular flexibility index (Phi) is 1.71. The van der Waals surface area contributed by atoms with Gasteiger partial charge in [0, 0.05) is 0 Å². The molecule has 0 radical (unpaired) electrons. The van der Waals surface area contributed by atoms with Crippen molar-refractivity contribution in [3.63, 3.8) is 0 Å². The van der Waals surface area contributed by atoms with Crippen molar-refractivity contribution in [2.75, 3.05) is 0 Å². The number of halogens is 1. The Hall–Kier alpha value is -1.50. The van der Waals surface area contributed by atoms with Crippen LogP contribution in [-0.2, 0) is 0 Å². The van der Waals surface area contributed by atoms with E-state index in [4.69, 9.17) is 0 Å². The van der Waals surface area contributed by atoms with Crippen molar-refractivity contribution in [1.82, 2.24) is 0 Å². The smallest absolute Gasteiger partial charge is 0.108 e. The fourth-order valence-corrected chi connectivity index (χ4v) is 1.21. The van der Waals surface area contributed by atoms with Gasteiger partial charge in [0.25, 0.3) is 0 Å². The third-order valence-corrected chi connectivity index (χ3v) is 1.84. The second-order valence-electron chi connectivity index (χ2n) is 2.68. The molecule has 0 nitrogen and oxygen atoms in total. The van der Waals surface area contributed by atoms with Gasteiger partial charge < -0.3 is 0 Å². The summed E-state index contributed by atoms with van der Waals surface area (Å²) in [5, 5.41) is 0. The zero-order valence-electron chi connectivity index (χ0n) is 6.50. The lowest BCUT2D eigenvalue weighted by molar-refractivity contribution is 0.628. The predicted octanol–water partition coefficient (Wildman–Crippen LogP) is 3.21. The maximum atomic E-state index is 12.5. The topological polar surface area (TPSA) is 0 Å². The van der Waals surface area contributed by atoms with Gasteiger partial charge in [0.15, 0.2) is 0 Å². The Bertz CT molecular complexity index is 343. The van der Waals surface area contributed by atoms with E-state index in [0.29, 0.717) is 0 Å². The van der Waals surface area contributed by atoms with Crippen LogP contribution < -0.4 is 0 Å². The molecule has 0 fully saturated rings. The Morgan fingerprint density at radius 1 is 0.917 bits per heavy atom. The minimum Gasteiger partial charge on any atom is -0.208 e. The quantitative estimate of drug-likeness (QED) is 0.560. The van der Waals surface area contributed by atoms with Gasteiger partial charge in [-0.05, 0) is 0 Å². The molecule has 2 aromatic rings. The van der Waals surface area contributed by atoms with Crippen molar-refractivity contribution < 1.29 is 4.39 Å². The average molecular weight is 159 g/mol. The molecule has 2 aromatic carbocycles. The molecular formula is C11H8F-. The van der Waals surface area contributed by atoms with Gasteiger partial charge in [-0.15, -0.1) is 29.8 Å². The van der Waals surface area contributed by atoms with Gasteiger partial charge in [-0.3, -0.25) is 0 Å². The number of rotatable bonds is 1. The van der Waals surface area contributed by atoms with Crippen molar-refractivity contribution in [1.29, 1.82) is 0 Å². The summed E-state index contributed by atoms with van der Waals surface area (Å²) in [4.78, 5) is 0. The van der Waals surface area contributed by atoms with Gasteiger partial charge in [-0.25, -0.2) is 4.39 Å². The average Bonchev–Trinajstić information content (AvgIpc) is 2.58. The van der Waals surface area contributed by atoms with E-state index in [1.807, 2.05) is 24.3 Å². The summed E-state index contributed by atoms with van der Waals surface area (Å²) in [5.74, 6) is -0.190. The van der Waals surface area contributed by atoms with Crippen LogP contribution in [0.4, 0.5) is 4.39 Å². The highest BCUT2D eigenvalue weighted by Gasteiger charge is 1.89. The van der Waals surface area contributed by atoms with Gasteiger partial charge in [0.2, 0.25) is 0 Å². The second kappa shape index (κ2) is 2.86. The summed E-state index contributed by atoms with van der Waals surface area (Å²) in [6.45, 7) is 0. The van der Waals surface area contributed by atoms with Crippen molar-refractivity contribution >= 4 is 0 Å². The molecule has 2 rings (SSSR count). The van der Waals surface area contributed by atoms with Gasteiger partial charge >= 0.3 is 0 Å². The molecule has 0 atom stereocenters. The number of hydrogen-bond donors (Lipinski definition) is 0. The number of benzene rings is 1. The highest BCUT2D eigenvalue weighted by molar-refractivity contribution is 5.63. The Labute approximate surface area is 70.6 Å². The van der Waals surface area contributed by atoms with E-state index in [1.54, 1.807) is 12.1 Å². The molecule has 0 aromatic heterocycles. The largest absolute Gasteiger partial charge is 0.208 e. The van der Waals surface area contributed by atoms with Crippen LogP contribution in [0.3, 0.4) is 0 Å². The van der Waals surface area contributed by atoms with Crippen molar-refractivity contribution in [3.05, 3.63) is 54.3 Å². The Morgan fingerprint density at radius 2 is 1.50 bits per heavy atom. The zero-order valence-corrected chi connectivity index (χ0v) is 6.50. The highest BCUT2D eigenvalue weighted by Crippen LogP contribution is 2.19. The zero-order chi connectivity index (χ0) is 8.39. The van der Waals surface area contributed by atoms with E-state index in [9.17, 15) is 4.39 Å². The Morgan fingerprint density at radius 3 is 2.08 bits per heavy atom. The van der Waals surface area contributed by atoms with Gasteiger partial charge in [-0.1, -0.05) is 17.7 Å². The van der Waals surface area contributed by atoms with Crippen LogP contribution in [0.25, 0.3) is 11.1 Å². The minimum atomic E-state index is -0.190. The van der Waals surface area contributed by atoms with Gasteiger partial charge in [-0.2, -0.15) is 12.1 Å². The maximum Gasteiger partial charge on any atom is 0.108 e. The van der Waals surface area contributed by atoms with E-state index >= 15 is 0 Å². The third-order valence-electron chi connectivity index (χ3n) is 1.84. The molecule has 1 heteroatoms. The molecule has 60 valence electrons. The monoisotopic (exact) mass is 159 g/mol. The van der Waals surface area contributed by atoms with E-state index in [0.717, 1.165) is 11.1 Å². The molecule has 0 bridgehead atoms. The summed E-state index contributed by atoms with van der Waals surface area (Å²) in [5.41, 5.74) is 2.19. The van der Waals surface area contributed by atoms with E-state index in [2.05, 4.69) is 0 Å². The second-order valence-corrected chi connectivity index (χ2v) is 2.68. The standard InChI is InChI=1S/C11H8F/c12-11-7-5-10(6-8-11)9-3-1-2-4-9/h1-8H/q-1. The molecule has 0 aliphatic carbocycles. The summed E-state index contributed by atoms with van der Waals surface area (Å²) in [6, 6.07) is 14.5. The molecule has 0 saturated carbocycles. The van der Waals surface area contributed by atoms with Crippen molar-refractivity contribution in [2.24, 2.45) is 0 Å². The van der Waals surface area contributed by atoms with Crippen molar-refractivity contribution in [3.8, 4) is 11.1 Å². The molecule has 0 saturated heterocycles. The number of hydrogen-bond acceptors (Lipinski definition) is 0. The van der Waals surface area contributed by atoms with E-state index < -0.39 is 0 Å². The highest BCUT2D eigenvalue weighted by atomic mass is 19.1. The summed E-state index contributed by atoms with van der Waals surface area (Å²) < 4.78 is 12.5. The SMILES string of the molecule is Fc1ccc(-[c-]2cccc2)cc1. The molecule has 0 unspecified atom stereocenters. The first-order chi connectivity index (χ1) is 5.86. The fourth-order valence-electron chi connectivity index (χ4n) is 1.21. The Balaban J connectivity index is 2.43. The van der Waals surface area contributed by atoms with Crippen LogP contribution in [0.5, 0.6) is 0 Å². The third kappa shape index (κ3) is 1.26. The minimum absolute atomic E-state index is 0.190. The van der Waals surface area contributed by atoms with Crippen LogP contribution in [0, 0.1) is 5.82 Å². The maximum absolute atomic E-state index is 12.5. The molecular weight excluding hydrogens is 151 g/mol. The van der Waals surface area contributed by atoms with Crippen molar-refractivity contribution in [2.45, 2.75) is 0 Å². The van der Waals surface area contributed by atoms with Gasteiger partial charge in [0.1, 0.15) is 5.82 Å². The van der Waals surface area contributed by atoms with Crippen LogP contribution in [0.15, 0.2) is 48.5 Å². The van der Waals surface area contributed by atoms with Crippen LogP contribution >= 0.6 is 0 Å². The summed E-state index contributed by atoms with van der Waals surface area (Å²) in [6.07, 6.45) is 0. The lowest BCUT2D eigenvalue weighted by Crippen LogP contribution is -1.74. The van der Waals surface area contributed by atoms with Crippen LogP contribution in [0.1, 0.15) is 0 Å². The molecule has 0 spiro atoms. The predicted molar refractivity (Wildman–Crippen MR) is 47.4 cm³/mol. The van der Waals surface area contributed by atoms with Crippen LogP contribution in [-0.4, -0.2) is 0 Å². The lowest BCUT2D eigenvalue weighted by Gasteiger charge is -2.02. The van der Waals surface area contributed by atoms with Crippen LogP contribution in [0.2, 0.25) is 0 Å². The summed E-state index contributed by atoms with van der Waals surface area (Å²) in [7, 11) is 0. The van der Waals surface area contributed by atoms with Gasteiger partial charge in [0.05, 0.1) is 0 Å². The van der Waals surface area contributed by atoms with E-state index in [1.165, 1.54) is 12.1 Å². The molecule has 0 amide bonds. The fraction of sp³-hybridized carbons (Fsp3) is 0. The normalized spacial score (nSPS) is 10.1. The first kappa shape index (κ1) is 7.17. The first-order valence-corrected chi connectivity index (χ1v) is 3.84. The summed E-state index contributed by atoms with van der Waals surface area (Å²) >= 11 is 0. The molecule has 0 heterocycles. The molecule has 0 aliphatic heterocycles. The van der Waals surface area contributed by atoms with E-state index in [-0.39, 0.29) is 5.82 Å². The molecule has 0 aliphatic rings. The molecule has 0 N–H and O–H groups in total. The lowest BCUT2D eigenvalue weighted by atomic mass is 10.1. The molecule has 12 heavy (non-hydrogen) atoms. The first-order valence-electron chi connectivity index (χ1n) is 3.84.